The van der Waals surface area contributed by atoms with Crippen LogP contribution in [0.3, 0.4) is 0 Å². The fraction of sp³-hybridized carbons (Fsp3) is 0.317. The number of pyridine rings is 1. The van der Waals surface area contributed by atoms with Crippen LogP contribution in [0, 0.1) is 18.6 Å². The largest absolute Gasteiger partial charge is 0.416 e. The van der Waals surface area contributed by atoms with Gasteiger partial charge < -0.3 is 19.1 Å². The van der Waals surface area contributed by atoms with Crippen molar-refractivity contribution in [3.63, 3.8) is 0 Å². The van der Waals surface area contributed by atoms with Crippen molar-refractivity contribution < 1.29 is 74.0 Å². The van der Waals surface area contributed by atoms with Crippen molar-refractivity contribution in [1.82, 2.24) is 14.4 Å². The van der Waals surface area contributed by atoms with Gasteiger partial charge in [-0.15, -0.1) is 11.8 Å². The maximum absolute atomic E-state index is 15.8. The monoisotopic (exact) mass is 780 g/mol. The zero-order chi connectivity index (χ0) is 64.9. The highest BCUT2D eigenvalue weighted by Crippen LogP contribution is 2.34. The molecule has 12 heteroatoms. The Kier molecular flexibility index (Phi) is 4.81. The number of ether oxygens (including phenoxy) is 1. The summed E-state index contributed by atoms with van der Waals surface area (Å²) in [5.74, 6) is -7.78. The summed E-state index contributed by atoms with van der Waals surface area (Å²) >= 11 is -0.0969. The second-order valence-corrected chi connectivity index (χ2v) is 11.2. The zero-order valence-electron chi connectivity index (χ0n) is 57.5. The van der Waals surface area contributed by atoms with E-state index < -0.39 is 250 Å². The lowest BCUT2D eigenvalue weighted by Crippen LogP contribution is -2.48. The lowest BCUT2D eigenvalue weighted by molar-refractivity contribution is -0.138. The van der Waals surface area contributed by atoms with Gasteiger partial charge in [-0.3, -0.25) is 9.59 Å². The molecule has 0 atom stereocenters. The number of benzene rings is 4. The number of para-hydroxylation sites is 1. The van der Waals surface area contributed by atoms with Crippen molar-refractivity contribution in [1.29, 1.82) is 0 Å². The standard InChI is InChI=1S/C41H40F5N3O3S/c1-27-22-30(14-15-34(27)41(44,45)46)29-12-10-28(11-13-29)24-48(32-16-18-47(19-17-32)20-21-52-2)38(51)25-49-36-9-4-3-7-33(36)37(50)23-39(49)53-26-31-6-5-8-35(42)40(31)43/h3-15,22-23,32H,16-21,24-26H2,1-2H3/i2D3,3D,4D,5D,6D,7D,8D,9D,10D,11D,12D,13D,14D,15D,16D2,17D2,18D2,19D2,20D2,22D,23D,24D2,32D. The summed E-state index contributed by atoms with van der Waals surface area (Å²) in [5, 5.41) is -2.41. The normalized spacial score (nSPS) is 27.8. The van der Waals surface area contributed by atoms with Gasteiger partial charge in [-0.1, -0.05) is 60.4 Å². The molecule has 0 aliphatic carbocycles. The molecule has 6 rings (SSSR count). The molecule has 0 spiro atoms. The van der Waals surface area contributed by atoms with Crippen molar-refractivity contribution in [3.05, 3.63) is 135 Å². The average Bonchev–Trinajstić information content (AvgIpc) is 1.59. The molecule has 0 saturated carbocycles. The molecule has 5 aromatic rings. The van der Waals surface area contributed by atoms with Crippen LogP contribution in [-0.2, 0) is 34.5 Å². The number of hydrogen-bond acceptors (Lipinski definition) is 5. The van der Waals surface area contributed by atoms with Crippen LogP contribution < -0.4 is 5.43 Å². The molecule has 278 valence electrons. The van der Waals surface area contributed by atoms with E-state index in [2.05, 4.69) is 4.74 Å². The molecule has 2 heterocycles. The summed E-state index contributed by atoms with van der Waals surface area (Å²) in [4.78, 5) is 27.8. The predicted molar refractivity (Wildman–Crippen MR) is 198 cm³/mol. The molecule has 1 fully saturated rings. The van der Waals surface area contributed by atoms with Gasteiger partial charge in [-0.25, -0.2) is 8.78 Å². The van der Waals surface area contributed by atoms with Crippen molar-refractivity contribution in [2.24, 2.45) is 0 Å². The number of halogens is 5. The number of carbonyl (C=O) groups excluding carboxylic acids is 1. The minimum atomic E-state index is -5.42. The summed E-state index contributed by atoms with van der Waals surface area (Å²) < 4.78 is 347. The van der Waals surface area contributed by atoms with Gasteiger partial charge in [0.2, 0.25) is 5.91 Å². The van der Waals surface area contributed by atoms with Gasteiger partial charge in [0.15, 0.2) is 17.1 Å². The zero-order valence-corrected chi connectivity index (χ0v) is 27.3. The van der Waals surface area contributed by atoms with Crippen LogP contribution in [0.15, 0.2) is 100 Å². The number of methoxy groups -OCH3 is 1. The fourth-order valence-corrected chi connectivity index (χ4v) is 5.39. The molecule has 0 N–H and O–H groups in total. The Bertz CT molecular complexity index is 3570. The van der Waals surface area contributed by atoms with Gasteiger partial charge in [-0.2, -0.15) is 13.2 Å². The number of piperidine rings is 1. The first-order chi connectivity index (χ1) is 37.7. The molecule has 53 heavy (non-hydrogen) atoms. The number of nitrogens with zero attached hydrogens (tertiary/aromatic N) is 3. The number of likely N-dealkylation sites (tertiary alicyclic amines) is 1. The first-order valence-corrected chi connectivity index (χ1v) is 15.5. The Balaban J connectivity index is 1.80. The number of carbonyl (C=O) groups is 1. The van der Waals surface area contributed by atoms with E-state index in [1.54, 1.807) is 0 Å². The van der Waals surface area contributed by atoms with Gasteiger partial charge in [-0.05, 0) is 66.1 Å². The van der Waals surface area contributed by atoms with Crippen LogP contribution in [0.5, 0.6) is 0 Å². The van der Waals surface area contributed by atoms with E-state index in [0.29, 0.717) is 6.92 Å². The van der Waals surface area contributed by atoms with Crippen LogP contribution in [0.25, 0.3) is 22.0 Å². The molecule has 1 aromatic heterocycles. The number of hydrogen-bond donors (Lipinski definition) is 0. The molecule has 1 amide bonds. The lowest BCUT2D eigenvalue weighted by Gasteiger charge is -2.39. The molecule has 0 bridgehead atoms. The van der Waals surface area contributed by atoms with E-state index in [-0.39, 0.29) is 16.3 Å². The maximum Gasteiger partial charge on any atom is 0.416 e. The Morgan fingerprint density at radius 2 is 1.77 bits per heavy atom. The summed E-state index contributed by atoms with van der Waals surface area (Å²) in [6.45, 7) is -21.9. The van der Waals surface area contributed by atoms with Crippen LogP contribution in [0.4, 0.5) is 22.0 Å². The molecular weight excluding hydrogens is 710 g/mol. The van der Waals surface area contributed by atoms with E-state index in [1.165, 1.54) is 0 Å². The van der Waals surface area contributed by atoms with Gasteiger partial charge in [0.25, 0.3) is 0 Å². The Hall–Kier alpha value is -4.52. The first-order valence-electron chi connectivity index (χ1n) is 30.0. The Morgan fingerprint density at radius 1 is 1.04 bits per heavy atom. The van der Waals surface area contributed by atoms with Crippen molar-refractivity contribution in [2.75, 3.05) is 33.1 Å². The molecule has 0 unspecified atom stereocenters. The molecule has 1 aliphatic heterocycles. The number of amides is 1. The van der Waals surface area contributed by atoms with Crippen LogP contribution in [-0.4, -0.2) is 59.4 Å². The first kappa shape index (κ1) is 15.3. The van der Waals surface area contributed by atoms with Gasteiger partial charge in [0.05, 0.1) is 51.5 Å². The summed E-state index contributed by atoms with van der Waals surface area (Å²) in [7, 11) is -3.60. The van der Waals surface area contributed by atoms with Crippen LogP contribution >= 0.6 is 11.8 Å². The Labute approximate surface area is 352 Å². The highest BCUT2D eigenvalue weighted by atomic mass is 32.2. The van der Waals surface area contributed by atoms with E-state index in [9.17, 15) is 32.0 Å². The lowest BCUT2D eigenvalue weighted by atomic mass is 9.98. The fourth-order valence-electron chi connectivity index (χ4n) is 4.44. The number of aromatic nitrogens is 1. The molecule has 6 nitrogen and oxygen atoms in total. The molecular formula is C41H40F5N3O3S. The minimum Gasteiger partial charge on any atom is -0.383 e. The summed E-state index contributed by atoms with van der Waals surface area (Å²) in [6, 6.07) is -27.4. The smallest absolute Gasteiger partial charge is 0.383 e. The third-order valence-corrected chi connectivity index (χ3v) is 7.87. The van der Waals surface area contributed by atoms with Gasteiger partial charge >= 0.3 is 6.18 Å². The second-order valence-electron chi connectivity index (χ2n) is 10.3. The average molecular weight is 781 g/mol. The van der Waals surface area contributed by atoms with Crippen molar-refractivity contribution >= 4 is 28.6 Å². The third-order valence-electron chi connectivity index (χ3n) is 6.84. The van der Waals surface area contributed by atoms with E-state index >= 15 is 9.18 Å². The van der Waals surface area contributed by atoms with E-state index in [1.807, 2.05) is 0 Å². The van der Waals surface area contributed by atoms with Crippen LogP contribution in [0.2, 0.25) is 0 Å². The molecule has 1 aliphatic rings. The maximum atomic E-state index is 15.8. The van der Waals surface area contributed by atoms with Gasteiger partial charge in [0, 0.05) is 75.5 Å². The topological polar surface area (TPSA) is 54.8 Å². The van der Waals surface area contributed by atoms with Crippen molar-refractivity contribution in [3.8, 4) is 11.1 Å². The third kappa shape index (κ3) is 9.00. The number of rotatable bonds is 12. The van der Waals surface area contributed by atoms with E-state index in [4.69, 9.17) is 32.9 Å². The predicted octanol–water partition coefficient (Wildman–Crippen LogP) is 8.71. The van der Waals surface area contributed by atoms with E-state index in [0.717, 1.165) is 0 Å². The Morgan fingerprint density at radius 3 is 2.51 bits per heavy atom. The quantitative estimate of drug-likeness (QED) is 0.0938. The SMILES string of the molecule is [2H]c1c([2H])c(F)c(F)c(CSc2c([2H])c(=O)c3c([2H])c([2H])c([2H])c([2H])c3n2CC(=O)N(C([2H])([2H])c2c([2H])c([2H])c(-c3c([2H])c([2H])c(C(F)(F)F)c(C)c3[2H])c([2H])c2[2H])C2([2H])C([2H])([2H])C([2H])([2H])N(C([2H])([2H])COC([2H])([2H])[2H])C([2H])([2H])C2([2H])[2H])c1[2H]. The minimum absolute atomic E-state index is 0.0969. The number of alkyl halides is 3. The number of thioether (sulfide) groups is 1. The molecule has 0 radical (unpaired) electrons. The molecule has 1 saturated heterocycles. The second kappa shape index (κ2) is 16.7. The highest BCUT2D eigenvalue weighted by Gasteiger charge is 2.32. The molecule has 4 aromatic carbocycles. The number of fused-ring (bicyclic) bond motifs is 1. The van der Waals surface area contributed by atoms with Gasteiger partial charge in [0.1, 0.15) is 6.54 Å². The highest BCUT2D eigenvalue weighted by molar-refractivity contribution is 7.98. The van der Waals surface area contributed by atoms with Crippen LogP contribution in [0.1, 0.15) is 77.5 Å². The summed E-state index contributed by atoms with van der Waals surface area (Å²) in [6.07, 6.45) is -15.4. The summed E-state index contributed by atoms with van der Waals surface area (Å²) in [5.41, 5.74) is -11.6. The van der Waals surface area contributed by atoms with Crippen molar-refractivity contribution in [2.45, 2.75) is 55.7 Å².